The van der Waals surface area contributed by atoms with E-state index in [1.807, 2.05) is 0 Å². The number of para-hydroxylation sites is 1. The van der Waals surface area contributed by atoms with Gasteiger partial charge in [-0.05, 0) is 35.7 Å². The number of carbonyl (C=O) groups is 2. The topological polar surface area (TPSA) is 155 Å². The molecule has 1 aliphatic heterocycles. The normalized spacial score (nSPS) is 16.6. The van der Waals surface area contributed by atoms with Gasteiger partial charge in [0.2, 0.25) is 21.8 Å². The van der Waals surface area contributed by atoms with E-state index in [1.165, 1.54) is 39.8 Å². The number of anilines is 1. The Kier molecular flexibility index (Phi) is 8.73. The molecule has 0 unspecified atom stereocenters. The highest BCUT2D eigenvalue weighted by molar-refractivity contribution is 7.89. The fraction of sp³-hybridized carbons (Fsp3) is 0.261. The van der Waals surface area contributed by atoms with Gasteiger partial charge in [-0.3, -0.25) is 19.3 Å². The van der Waals surface area contributed by atoms with E-state index in [-0.39, 0.29) is 36.8 Å². The minimum absolute atomic E-state index is 0.0474. The van der Waals surface area contributed by atoms with Gasteiger partial charge in [0.25, 0.3) is 0 Å². The summed E-state index contributed by atoms with van der Waals surface area (Å²) in [5.41, 5.74) is 0.832. The zero-order valence-corrected chi connectivity index (χ0v) is 22.4. The molecule has 202 valence electrons. The monoisotopic (exact) mass is 579 g/mol. The Balaban J connectivity index is 1.45. The Morgan fingerprint density at radius 3 is 2.47 bits per heavy atom. The van der Waals surface area contributed by atoms with Crippen molar-refractivity contribution in [2.45, 2.75) is 17.5 Å². The Bertz CT molecular complexity index is 1450. The number of thiophene rings is 1. The van der Waals surface area contributed by atoms with Gasteiger partial charge >= 0.3 is 10.3 Å². The SMILES string of the molecule is O=C(NCc1ccccn1)[C@@H]1CN(C(=O)COS(=O)(=O)Nc2ccccc2)CCN1S(=O)(=O)c1ccsc1. The third-order valence-corrected chi connectivity index (χ3v) is 9.26. The number of piperazine rings is 1. The number of sulfonamides is 1. The molecule has 2 amide bonds. The number of hydrogen-bond donors (Lipinski definition) is 2. The second-order valence-corrected chi connectivity index (χ2v) is 12.2. The Hall–Kier alpha value is -3.37. The van der Waals surface area contributed by atoms with Crippen LogP contribution < -0.4 is 10.0 Å². The van der Waals surface area contributed by atoms with E-state index in [0.29, 0.717) is 5.69 Å². The van der Waals surface area contributed by atoms with Crippen LogP contribution in [0.5, 0.6) is 0 Å². The van der Waals surface area contributed by atoms with Crippen LogP contribution in [0.4, 0.5) is 5.69 Å². The van der Waals surface area contributed by atoms with Gasteiger partial charge in [-0.15, -0.1) is 0 Å². The van der Waals surface area contributed by atoms with Crippen molar-refractivity contribution in [2.75, 3.05) is 31.0 Å². The first-order valence-corrected chi connectivity index (χ1v) is 15.2. The molecule has 15 heteroatoms. The summed E-state index contributed by atoms with van der Waals surface area (Å²) in [5.74, 6) is -1.33. The number of benzene rings is 1. The molecule has 4 rings (SSSR count). The Morgan fingerprint density at radius 1 is 1.03 bits per heavy atom. The second-order valence-electron chi connectivity index (χ2n) is 8.15. The van der Waals surface area contributed by atoms with Gasteiger partial charge in [0, 0.05) is 31.2 Å². The van der Waals surface area contributed by atoms with Crippen molar-refractivity contribution in [3.05, 3.63) is 77.2 Å². The maximum atomic E-state index is 13.3. The predicted molar refractivity (Wildman–Crippen MR) is 140 cm³/mol. The molecule has 0 spiro atoms. The lowest BCUT2D eigenvalue weighted by Gasteiger charge is -2.39. The summed E-state index contributed by atoms with van der Waals surface area (Å²) in [6.45, 7) is -1.27. The zero-order chi connectivity index (χ0) is 27.2. The smallest absolute Gasteiger partial charge is 0.349 e. The second kappa shape index (κ2) is 12.0. The molecule has 12 nitrogen and oxygen atoms in total. The van der Waals surface area contributed by atoms with Crippen molar-refractivity contribution in [1.82, 2.24) is 19.5 Å². The zero-order valence-electron chi connectivity index (χ0n) is 20.0. The summed E-state index contributed by atoms with van der Waals surface area (Å²) >= 11 is 1.20. The molecule has 1 atom stereocenters. The number of aromatic nitrogens is 1. The van der Waals surface area contributed by atoms with Gasteiger partial charge in [-0.2, -0.15) is 24.1 Å². The molecular formula is C23H25N5O7S3. The highest BCUT2D eigenvalue weighted by Crippen LogP contribution is 2.24. The maximum Gasteiger partial charge on any atom is 0.360 e. The third-order valence-electron chi connectivity index (χ3n) is 5.61. The number of hydrogen-bond acceptors (Lipinski definition) is 9. The van der Waals surface area contributed by atoms with Gasteiger partial charge in [-0.1, -0.05) is 24.3 Å². The quantitative estimate of drug-likeness (QED) is 0.361. The van der Waals surface area contributed by atoms with Crippen LogP contribution in [-0.2, 0) is 40.6 Å². The van der Waals surface area contributed by atoms with Crippen molar-refractivity contribution in [2.24, 2.45) is 0 Å². The maximum absolute atomic E-state index is 13.3. The average Bonchev–Trinajstić information content (AvgIpc) is 3.47. The predicted octanol–water partition coefficient (Wildman–Crippen LogP) is 1.03. The van der Waals surface area contributed by atoms with Gasteiger partial charge in [-0.25, -0.2) is 12.6 Å². The summed E-state index contributed by atoms with van der Waals surface area (Å²) in [5, 5.41) is 5.76. The number of amides is 2. The van der Waals surface area contributed by atoms with E-state index in [1.54, 1.807) is 48.0 Å². The summed E-state index contributed by atoms with van der Waals surface area (Å²) in [4.78, 5) is 31.4. The number of nitrogens with zero attached hydrogens (tertiary/aromatic N) is 3. The third kappa shape index (κ3) is 6.93. The van der Waals surface area contributed by atoms with Gasteiger partial charge in [0.05, 0.1) is 22.8 Å². The van der Waals surface area contributed by atoms with E-state index in [9.17, 15) is 26.4 Å². The van der Waals surface area contributed by atoms with Crippen molar-refractivity contribution in [3.63, 3.8) is 0 Å². The summed E-state index contributed by atoms with van der Waals surface area (Å²) in [7, 11) is -8.31. The van der Waals surface area contributed by atoms with Crippen LogP contribution in [0.25, 0.3) is 0 Å². The van der Waals surface area contributed by atoms with E-state index < -0.39 is 44.8 Å². The van der Waals surface area contributed by atoms with Crippen molar-refractivity contribution in [3.8, 4) is 0 Å². The van der Waals surface area contributed by atoms with Gasteiger partial charge in [0.15, 0.2) is 0 Å². The van der Waals surface area contributed by atoms with Crippen LogP contribution in [0.1, 0.15) is 5.69 Å². The van der Waals surface area contributed by atoms with Gasteiger partial charge in [0.1, 0.15) is 12.6 Å². The number of pyridine rings is 1. The van der Waals surface area contributed by atoms with Crippen molar-refractivity contribution >= 4 is 49.2 Å². The largest absolute Gasteiger partial charge is 0.360 e. The number of rotatable bonds is 10. The summed E-state index contributed by atoms with van der Waals surface area (Å²) < 4.78 is 59.1. The fourth-order valence-corrected chi connectivity index (χ4v) is 7.05. The first-order valence-electron chi connectivity index (χ1n) is 11.4. The first-order chi connectivity index (χ1) is 18.2. The standard InChI is InChI=1S/C23H25N5O7S3/c29-22(16-35-38(33,34)26-18-6-2-1-3-7-18)27-11-12-28(37(31,32)20-9-13-36-17-20)21(15-27)23(30)25-14-19-8-4-5-10-24-19/h1-10,13,17,21,26H,11-12,14-16H2,(H,25,30)/t21-/m0/s1. The Labute approximate surface area is 224 Å². The molecule has 38 heavy (non-hydrogen) atoms. The van der Waals surface area contributed by atoms with E-state index in [4.69, 9.17) is 4.18 Å². The van der Waals surface area contributed by atoms with Crippen LogP contribution in [0.2, 0.25) is 0 Å². The van der Waals surface area contributed by atoms with E-state index in [2.05, 4.69) is 15.0 Å². The number of nitrogens with one attached hydrogen (secondary N) is 2. The minimum Gasteiger partial charge on any atom is -0.349 e. The number of carbonyl (C=O) groups excluding carboxylic acids is 2. The molecule has 3 aromatic rings. The van der Waals surface area contributed by atoms with Gasteiger partial charge < -0.3 is 10.2 Å². The molecule has 0 saturated carbocycles. The molecule has 0 radical (unpaired) electrons. The van der Waals surface area contributed by atoms with Crippen LogP contribution in [0, 0.1) is 0 Å². The molecule has 0 aliphatic carbocycles. The average molecular weight is 580 g/mol. The molecule has 1 saturated heterocycles. The fourth-order valence-electron chi connectivity index (χ4n) is 3.73. The van der Waals surface area contributed by atoms with Crippen LogP contribution in [-0.4, -0.2) is 75.1 Å². The summed E-state index contributed by atoms with van der Waals surface area (Å²) in [6, 6.07) is 13.4. The van der Waals surface area contributed by atoms with Crippen LogP contribution in [0.15, 0.2) is 76.4 Å². The lowest BCUT2D eigenvalue weighted by atomic mass is 10.2. The van der Waals surface area contributed by atoms with E-state index in [0.717, 1.165) is 4.31 Å². The Morgan fingerprint density at radius 2 is 1.79 bits per heavy atom. The van der Waals surface area contributed by atoms with Crippen molar-refractivity contribution < 1.29 is 30.6 Å². The first kappa shape index (κ1) is 27.7. The highest BCUT2D eigenvalue weighted by atomic mass is 32.2. The molecule has 2 aromatic heterocycles. The molecule has 0 bridgehead atoms. The molecule has 1 aromatic carbocycles. The minimum atomic E-state index is -4.29. The lowest BCUT2D eigenvalue weighted by Crippen LogP contribution is -2.61. The lowest BCUT2D eigenvalue weighted by molar-refractivity contribution is -0.137. The highest BCUT2D eigenvalue weighted by Gasteiger charge is 2.41. The molecule has 1 fully saturated rings. The molecule has 2 N–H and O–H groups in total. The molecular weight excluding hydrogens is 554 g/mol. The van der Waals surface area contributed by atoms with Crippen LogP contribution >= 0.6 is 11.3 Å². The van der Waals surface area contributed by atoms with Crippen molar-refractivity contribution in [1.29, 1.82) is 0 Å². The summed E-state index contributed by atoms with van der Waals surface area (Å²) in [6.07, 6.45) is 1.57. The molecule has 3 heterocycles. The van der Waals surface area contributed by atoms with Crippen LogP contribution in [0.3, 0.4) is 0 Å². The van der Waals surface area contributed by atoms with E-state index >= 15 is 0 Å². The molecule has 1 aliphatic rings.